The van der Waals surface area contributed by atoms with Gasteiger partial charge in [0, 0.05) is 4.47 Å². The van der Waals surface area contributed by atoms with Crippen LogP contribution in [0.15, 0.2) is 22.7 Å². The topological polar surface area (TPSA) is 78.4 Å². The number of carbonyl (C=O) groups is 2. The van der Waals surface area contributed by atoms with E-state index in [9.17, 15) is 9.59 Å². The van der Waals surface area contributed by atoms with E-state index in [0.717, 1.165) is 19.4 Å². The number of carbonyl (C=O) groups excluding carboxylic acids is 1. The number of carboxylic acid groups (broad SMARTS) is 1. The van der Waals surface area contributed by atoms with Crippen molar-refractivity contribution in [1.29, 1.82) is 0 Å². The minimum absolute atomic E-state index is 0.0802. The molecule has 0 saturated carbocycles. The summed E-state index contributed by atoms with van der Waals surface area (Å²) >= 11 is 3.23. The Bertz CT molecular complexity index is 533. The molecule has 0 aliphatic carbocycles. The van der Waals surface area contributed by atoms with Crippen LogP contribution >= 0.6 is 15.9 Å². The van der Waals surface area contributed by atoms with Gasteiger partial charge in [-0.05, 0) is 43.5 Å². The second-order valence-electron chi connectivity index (χ2n) is 5.12. The number of rotatable bonds is 3. The van der Waals surface area contributed by atoms with Gasteiger partial charge in [0.25, 0.3) is 0 Å². The Balaban J connectivity index is 2.13. The van der Waals surface area contributed by atoms with Gasteiger partial charge in [0.1, 0.15) is 0 Å². The van der Waals surface area contributed by atoms with Crippen molar-refractivity contribution >= 4 is 33.5 Å². The van der Waals surface area contributed by atoms with Crippen molar-refractivity contribution in [3.63, 3.8) is 0 Å². The molecule has 1 aliphatic rings. The van der Waals surface area contributed by atoms with Crippen molar-refractivity contribution in [2.45, 2.75) is 25.8 Å². The number of halogens is 1. The van der Waals surface area contributed by atoms with Crippen LogP contribution in [0.1, 0.15) is 30.1 Å². The second kappa shape index (κ2) is 6.37. The number of hydrogen-bond donors (Lipinski definition) is 3. The van der Waals surface area contributed by atoms with Gasteiger partial charge in [0.05, 0.1) is 17.3 Å². The fraction of sp³-hybridized carbons (Fsp3) is 0.429. The van der Waals surface area contributed by atoms with Crippen molar-refractivity contribution in [1.82, 2.24) is 5.32 Å². The van der Waals surface area contributed by atoms with Gasteiger partial charge in [-0.25, -0.2) is 4.79 Å². The number of nitrogens with one attached hydrogen (secondary N) is 2. The predicted molar refractivity (Wildman–Crippen MR) is 79.9 cm³/mol. The first-order valence-electron chi connectivity index (χ1n) is 6.54. The first-order valence-corrected chi connectivity index (χ1v) is 7.33. The Morgan fingerprint density at radius 1 is 1.45 bits per heavy atom. The van der Waals surface area contributed by atoms with Crippen molar-refractivity contribution in [2.75, 3.05) is 11.9 Å². The summed E-state index contributed by atoms with van der Waals surface area (Å²) in [5.41, 5.74) is 0.405. The van der Waals surface area contributed by atoms with E-state index in [1.165, 1.54) is 6.07 Å². The molecule has 0 bridgehead atoms. The number of carboxylic acids is 1. The summed E-state index contributed by atoms with van der Waals surface area (Å²) in [6.07, 6.45) is 1.83. The van der Waals surface area contributed by atoms with Gasteiger partial charge in [-0.1, -0.05) is 22.9 Å². The highest BCUT2D eigenvalue weighted by atomic mass is 79.9. The molecule has 1 aromatic rings. The molecular weight excluding hydrogens is 324 g/mol. The molecule has 1 aromatic carbocycles. The van der Waals surface area contributed by atoms with Gasteiger partial charge in [-0.2, -0.15) is 0 Å². The number of hydrogen-bond acceptors (Lipinski definition) is 3. The lowest BCUT2D eigenvalue weighted by atomic mass is 9.94. The third-order valence-electron chi connectivity index (χ3n) is 3.45. The molecule has 1 amide bonds. The standard InChI is InChI=1S/C14H17BrN2O3/c1-8-4-5-16-12(6-8)13(18)17-11-3-2-9(15)7-10(11)14(19)20/h2-3,7-8,12,16H,4-6H2,1H3,(H,17,18)(H,19,20). The summed E-state index contributed by atoms with van der Waals surface area (Å²) in [6.45, 7) is 2.93. The monoisotopic (exact) mass is 340 g/mol. The van der Waals surface area contributed by atoms with Crippen LogP contribution in [0, 0.1) is 5.92 Å². The Morgan fingerprint density at radius 3 is 2.85 bits per heavy atom. The molecule has 2 atom stereocenters. The van der Waals surface area contributed by atoms with Gasteiger partial charge >= 0.3 is 5.97 Å². The molecule has 2 rings (SSSR count). The molecule has 1 aliphatic heterocycles. The Kier molecular flexibility index (Phi) is 4.77. The summed E-state index contributed by atoms with van der Waals surface area (Å²) in [5, 5.41) is 15.0. The summed E-state index contributed by atoms with van der Waals surface area (Å²) in [5.74, 6) is -0.746. The zero-order valence-corrected chi connectivity index (χ0v) is 12.7. The van der Waals surface area contributed by atoms with Gasteiger partial charge < -0.3 is 15.7 Å². The quantitative estimate of drug-likeness (QED) is 0.789. The van der Waals surface area contributed by atoms with Crippen LogP contribution in [-0.4, -0.2) is 29.6 Å². The summed E-state index contributed by atoms with van der Waals surface area (Å²) in [6, 6.07) is 4.52. The highest BCUT2D eigenvalue weighted by Crippen LogP contribution is 2.22. The summed E-state index contributed by atoms with van der Waals surface area (Å²) in [7, 11) is 0. The van der Waals surface area contributed by atoms with Crippen LogP contribution in [0.25, 0.3) is 0 Å². The van der Waals surface area contributed by atoms with Gasteiger partial charge in [-0.15, -0.1) is 0 Å². The van der Waals surface area contributed by atoms with E-state index < -0.39 is 5.97 Å². The number of benzene rings is 1. The van der Waals surface area contributed by atoms with Gasteiger partial charge in [0.15, 0.2) is 0 Å². The van der Waals surface area contributed by atoms with Crippen molar-refractivity contribution in [2.24, 2.45) is 5.92 Å². The van der Waals surface area contributed by atoms with E-state index in [-0.39, 0.29) is 17.5 Å². The Hall–Kier alpha value is -1.40. The van der Waals surface area contributed by atoms with Crippen molar-refractivity contribution in [3.8, 4) is 0 Å². The maximum absolute atomic E-state index is 12.2. The molecule has 3 N–H and O–H groups in total. The van der Waals surface area contributed by atoms with Crippen LogP contribution in [0.3, 0.4) is 0 Å². The second-order valence-corrected chi connectivity index (χ2v) is 6.04. The summed E-state index contributed by atoms with van der Waals surface area (Å²) in [4.78, 5) is 23.4. The lowest BCUT2D eigenvalue weighted by Gasteiger charge is -2.27. The molecule has 5 nitrogen and oxygen atoms in total. The van der Waals surface area contributed by atoms with E-state index >= 15 is 0 Å². The molecule has 6 heteroatoms. The molecule has 1 saturated heterocycles. The third-order valence-corrected chi connectivity index (χ3v) is 3.95. The molecule has 1 fully saturated rings. The molecule has 0 aromatic heterocycles. The van der Waals surface area contributed by atoms with Crippen molar-refractivity contribution < 1.29 is 14.7 Å². The first kappa shape index (κ1) is 15.0. The lowest BCUT2D eigenvalue weighted by Crippen LogP contribution is -2.45. The SMILES string of the molecule is CC1CCNC(C(=O)Nc2ccc(Br)cc2C(=O)O)C1. The highest BCUT2D eigenvalue weighted by Gasteiger charge is 2.25. The first-order chi connectivity index (χ1) is 9.47. The van der Waals surface area contributed by atoms with Gasteiger partial charge in [-0.3, -0.25) is 4.79 Å². The minimum Gasteiger partial charge on any atom is -0.478 e. The molecule has 2 unspecified atom stereocenters. The number of piperidine rings is 1. The molecule has 0 spiro atoms. The number of aromatic carboxylic acids is 1. The fourth-order valence-corrected chi connectivity index (χ4v) is 2.69. The highest BCUT2D eigenvalue weighted by molar-refractivity contribution is 9.10. The lowest BCUT2D eigenvalue weighted by molar-refractivity contribution is -0.119. The number of amides is 1. The van der Waals surface area contributed by atoms with E-state index in [2.05, 4.69) is 33.5 Å². The predicted octanol–water partition coefficient (Wildman–Crippen LogP) is 2.47. The average molecular weight is 341 g/mol. The van der Waals surface area contributed by atoms with Crippen LogP contribution < -0.4 is 10.6 Å². The summed E-state index contributed by atoms with van der Waals surface area (Å²) < 4.78 is 0.664. The fourth-order valence-electron chi connectivity index (χ4n) is 2.33. The van der Waals surface area contributed by atoms with Crippen LogP contribution in [0.5, 0.6) is 0 Å². The molecule has 1 heterocycles. The van der Waals surface area contributed by atoms with E-state index in [1.54, 1.807) is 12.1 Å². The van der Waals surface area contributed by atoms with E-state index in [0.29, 0.717) is 16.1 Å². The molecule has 108 valence electrons. The maximum atomic E-state index is 12.2. The average Bonchev–Trinajstić information content (AvgIpc) is 2.40. The van der Waals surface area contributed by atoms with E-state index in [4.69, 9.17) is 5.11 Å². The Labute approximate surface area is 125 Å². The van der Waals surface area contributed by atoms with Crippen LogP contribution in [0.2, 0.25) is 0 Å². The van der Waals surface area contributed by atoms with E-state index in [1.807, 2.05) is 0 Å². The molecule has 0 radical (unpaired) electrons. The molecule has 20 heavy (non-hydrogen) atoms. The van der Waals surface area contributed by atoms with Gasteiger partial charge in [0.2, 0.25) is 5.91 Å². The normalized spacial score (nSPS) is 22.3. The van der Waals surface area contributed by atoms with Crippen LogP contribution in [0.4, 0.5) is 5.69 Å². The molecular formula is C14H17BrN2O3. The largest absolute Gasteiger partial charge is 0.478 e. The zero-order valence-electron chi connectivity index (χ0n) is 11.1. The third kappa shape index (κ3) is 3.58. The smallest absolute Gasteiger partial charge is 0.337 e. The van der Waals surface area contributed by atoms with Crippen molar-refractivity contribution in [3.05, 3.63) is 28.2 Å². The Morgan fingerprint density at radius 2 is 2.20 bits per heavy atom. The zero-order chi connectivity index (χ0) is 14.7. The number of anilines is 1. The maximum Gasteiger partial charge on any atom is 0.337 e. The minimum atomic E-state index is -1.06. The van der Waals surface area contributed by atoms with Crippen LogP contribution in [-0.2, 0) is 4.79 Å².